The van der Waals surface area contributed by atoms with E-state index in [9.17, 15) is 4.79 Å². The second-order valence-electron chi connectivity index (χ2n) is 6.26. The number of benzene rings is 1. The van der Waals surface area contributed by atoms with Gasteiger partial charge in [-0.2, -0.15) is 0 Å². The van der Waals surface area contributed by atoms with Crippen molar-refractivity contribution in [3.8, 4) is 11.4 Å². The van der Waals surface area contributed by atoms with Crippen LogP contribution in [0.5, 0.6) is 0 Å². The first-order valence-corrected chi connectivity index (χ1v) is 9.17. The smallest absolute Gasteiger partial charge is 0.270 e. The van der Waals surface area contributed by atoms with Crippen molar-refractivity contribution in [2.75, 3.05) is 5.32 Å². The highest BCUT2D eigenvalue weighted by atomic mass is 16.3. The Balaban J connectivity index is 1.57. The number of carbonyl (C=O) groups is 1. The number of nitrogens with one attached hydrogen (secondary N) is 2. The fraction of sp³-hybridized carbons (Fsp3) is 0.0909. The van der Waals surface area contributed by atoms with Crippen molar-refractivity contribution in [2.45, 2.75) is 13.1 Å². The number of hydrogen-bond acceptors (Lipinski definition) is 6. The molecule has 3 heterocycles. The van der Waals surface area contributed by atoms with E-state index in [0.717, 1.165) is 17.0 Å². The summed E-state index contributed by atoms with van der Waals surface area (Å²) in [6, 6.07) is 20.4. The number of anilines is 1. The van der Waals surface area contributed by atoms with Crippen LogP contribution in [0.3, 0.4) is 0 Å². The Morgan fingerprint density at radius 2 is 1.79 bits per heavy atom. The van der Waals surface area contributed by atoms with Crippen LogP contribution in [0, 0.1) is 0 Å². The molecule has 0 atom stereocenters. The van der Waals surface area contributed by atoms with Crippen LogP contribution in [-0.2, 0) is 13.1 Å². The number of pyridine rings is 1. The molecule has 3 aromatic heterocycles. The monoisotopic (exact) mass is 385 g/mol. The number of nitrogens with zero attached hydrogens (tertiary/aromatic N) is 3. The molecule has 0 saturated carbocycles. The van der Waals surface area contributed by atoms with E-state index in [2.05, 4.69) is 25.6 Å². The van der Waals surface area contributed by atoms with Crippen LogP contribution in [-0.4, -0.2) is 20.9 Å². The van der Waals surface area contributed by atoms with Crippen molar-refractivity contribution in [1.29, 1.82) is 0 Å². The van der Waals surface area contributed by atoms with Gasteiger partial charge in [-0.25, -0.2) is 9.97 Å². The van der Waals surface area contributed by atoms with Crippen molar-refractivity contribution in [3.63, 3.8) is 0 Å². The van der Waals surface area contributed by atoms with Gasteiger partial charge in [0.05, 0.1) is 25.0 Å². The number of amides is 1. The first-order valence-electron chi connectivity index (χ1n) is 9.17. The van der Waals surface area contributed by atoms with Gasteiger partial charge >= 0.3 is 0 Å². The van der Waals surface area contributed by atoms with Gasteiger partial charge in [-0.15, -0.1) is 0 Å². The highest BCUT2D eigenvalue weighted by molar-refractivity contribution is 5.93. The molecule has 2 N–H and O–H groups in total. The first kappa shape index (κ1) is 18.4. The summed E-state index contributed by atoms with van der Waals surface area (Å²) in [5, 5.41) is 6.04. The lowest BCUT2D eigenvalue weighted by Gasteiger charge is -2.10. The molecular weight excluding hydrogens is 366 g/mol. The molecule has 0 spiro atoms. The highest BCUT2D eigenvalue weighted by Gasteiger charge is 2.13. The Hall–Kier alpha value is -4.00. The molecule has 0 aliphatic carbocycles. The molecule has 1 aromatic carbocycles. The van der Waals surface area contributed by atoms with E-state index in [0.29, 0.717) is 24.7 Å². The second kappa shape index (κ2) is 8.79. The van der Waals surface area contributed by atoms with Gasteiger partial charge in [-0.1, -0.05) is 36.4 Å². The molecule has 4 aromatic rings. The topological polar surface area (TPSA) is 92.9 Å². The summed E-state index contributed by atoms with van der Waals surface area (Å²) in [6.07, 6.45) is 3.30. The van der Waals surface area contributed by atoms with Crippen LogP contribution in [0.2, 0.25) is 0 Å². The SMILES string of the molecule is O=C(NCc1ccccn1)c1cc(NCc2ccco2)nc(-c2ccccc2)n1. The van der Waals surface area contributed by atoms with Crippen LogP contribution in [0.15, 0.2) is 83.6 Å². The number of furan rings is 1. The zero-order chi connectivity index (χ0) is 19.9. The predicted molar refractivity (Wildman–Crippen MR) is 109 cm³/mol. The second-order valence-corrected chi connectivity index (χ2v) is 6.26. The third-order valence-electron chi connectivity index (χ3n) is 4.17. The number of hydrogen-bond donors (Lipinski definition) is 2. The Labute approximate surface area is 167 Å². The molecule has 0 aliphatic rings. The van der Waals surface area contributed by atoms with E-state index in [1.807, 2.05) is 60.7 Å². The summed E-state index contributed by atoms with van der Waals surface area (Å²) >= 11 is 0. The van der Waals surface area contributed by atoms with Crippen LogP contribution in [0.25, 0.3) is 11.4 Å². The molecule has 29 heavy (non-hydrogen) atoms. The summed E-state index contributed by atoms with van der Waals surface area (Å²) < 4.78 is 5.34. The molecule has 7 heteroatoms. The summed E-state index contributed by atoms with van der Waals surface area (Å²) in [4.78, 5) is 25.9. The molecule has 0 unspecified atom stereocenters. The standard InChI is InChI=1S/C22H19N5O2/c28-22(25-14-17-9-4-5-11-23-17)19-13-20(24-15-18-10-6-12-29-18)27-21(26-19)16-7-2-1-3-8-16/h1-13H,14-15H2,(H,25,28)(H,24,26,27). The molecule has 144 valence electrons. The first-order chi connectivity index (χ1) is 14.3. The summed E-state index contributed by atoms with van der Waals surface area (Å²) in [5.74, 6) is 1.48. The number of aromatic nitrogens is 3. The van der Waals surface area contributed by atoms with E-state index >= 15 is 0 Å². The Morgan fingerprint density at radius 1 is 0.931 bits per heavy atom. The molecule has 1 amide bonds. The predicted octanol–water partition coefficient (Wildman–Crippen LogP) is 3.67. The minimum Gasteiger partial charge on any atom is -0.467 e. The minimum atomic E-state index is -0.295. The maximum Gasteiger partial charge on any atom is 0.270 e. The third kappa shape index (κ3) is 4.84. The zero-order valence-corrected chi connectivity index (χ0v) is 15.6. The quantitative estimate of drug-likeness (QED) is 0.504. The van der Waals surface area contributed by atoms with Crippen LogP contribution >= 0.6 is 0 Å². The lowest BCUT2D eigenvalue weighted by Crippen LogP contribution is -2.25. The lowest BCUT2D eigenvalue weighted by atomic mass is 10.2. The number of rotatable bonds is 7. The molecule has 0 radical (unpaired) electrons. The largest absolute Gasteiger partial charge is 0.467 e. The van der Waals surface area contributed by atoms with Crippen LogP contribution in [0.4, 0.5) is 5.82 Å². The molecule has 4 rings (SSSR count). The van der Waals surface area contributed by atoms with Gasteiger partial charge in [-0.3, -0.25) is 9.78 Å². The van der Waals surface area contributed by atoms with Crippen molar-refractivity contribution >= 4 is 11.7 Å². The Kier molecular flexibility index (Phi) is 5.57. The van der Waals surface area contributed by atoms with E-state index in [1.54, 1.807) is 18.5 Å². The molecule has 0 fully saturated rings. The van der Waals surface area contributed by atoms with Crippen molar-refractivity contribution in [1.82, 2.24) is 20.3 Å². The maximum atomic E-state index is 12.7. The van der Waals surface area contributed by atoms with Gasteiger partial charge in [0, 0.05) is 17.8 Å². The molecular formula is C22H19N5O2. The fourth-order valence-corrected chi connectivity index (χ4v) is 2.73. The van der Waals surface area contributed by atoms with Crippen molar-refractivity contribution in [2.24, 2.45) is 0 Å². The zero-order valence-electron chi connectivity index (χ0n) is 15.6. The average molecular weight is 385 g/mol. The van der Waals surface area contributed by atoms with E-state index in [1.165, 1.54) is 0 Å². The highest BCUT2D eigenvalue weighted by Crippen LogP contribution is 2.18. The van der Waals surface area contributed by atoms with Crippen molar-refractivity contribution in [3.05, 3.63) is 96.3 Å². The summed E-state index contributed by atoms with van der Waals surface area (Å²) in [5.41, 5.74) is 1.87. The molecule has 0 bridgehead atoms. The van der Waals surface area contributed by atoms with E-state index < -0.39 is 0 Å². The van der Waals surface area contributed by atoms with Gasteiger partial charge in [0.25, 0.3) is 5.91 Å². The summed E-state index contributed by atoms with van der Waals surface area (Å²) in [7, 11) is 0. The van der Waals surface area contributed by atoms with E-state index in [4.69, 9.17) is 4.42 Å². The van der Waals surface area contributed by atoms with Crippen molar-refractivity contribution < 1.29 is 9.21 Å². The van der Waals surface area contributed by atoms with Gasteiger partial charge in [-0.05, 0) is 24.3 Å². The molecule has 0 aliphatic heterocycles. The van der Waals surface area contributed by atoms with Gasteiger partial charge in [0.2, 0.25) is 0 Å². The Bertz CT molecular complexity index is 1070. The molecule has 0 saturated heterocycles. The van der Waals surface area contributed by atoms with Crippen LogP contribution < -0.4 is 10.6 Å². The van der Waals surface area contributed by atoms with Crippen LogP contribution in [0.1, 0.15) is 21.9 Å². The third-order valence-corrected chi connectivity index (χ3v) is 4.17. The number of carbonyl (C=O) groups excluding carboxylic acids is 1. The molecule has 7 nitrogen and oxygen atoms in total. The normalized spacial score (nSPS) is 10.5. The average Bonchev–Trinajstić information content (AvgIpc) is 3.31. The van der Waals surface area contributed by atoms with Gasteiger partial charge in [0.15, 0.2) is 5.82 Å². The summed E-state index contributed by atoms with van der Waals surface area (Å²) in [6.45, 7) is 0.771. The minimum absolute atomic E-state index is 0.275. The van der Waals surface area contributed by atoms with Gasteiger partial charge in [0.1, 0.15) is 17.3 Å². The van der Waals surface area contributed by atoms with Gasteiger partial charge < -0.3 is 15.1 Å². The fourth-order valence-electron chi connectivity index (χ4n) is 2.73. The van der Waals surface area contributed by atoms with E-state index in [-0.39, 0.29) is 11.6 Å². The lowest BCUT2D eigenvalue weighted by molar-refractivity contribution is 0.0945. The maximum absolute atomic E-state index is 12.7. The Morgan fingerprint density at radius 3 is 2.55 bits per heavy atom.